The fraction of sp³-hybridized carbons (Fsp3) is 0.160. The molecule has 4 rings (SSSR count). The summed E-state index contributed by atoms with van der Waals surface area (Å²) in [4.78, 5) is 14.8. The minimum absolute atomic E-state index is 0.117. The highest BCUT2D eigenvalue weighted by atomic mass is 16.2. The van der Waals surface area contributed by atoms with Crippen molar-refractivity contribution in [3.05, 3.63) is 101 Å². The Hall–Kier alpha value is -3.13. The monoisotopic (exact) mass is 353 g/mol. The van der Waals surface area contributed by atoms with Crippen molar-refractivity contribution in [1.29, 1.82) is 0 Å². The number of nitrogens with zero attached hydrogens (tertiary/aromatic N) is 1. The predicted octanol–water partition coefficient (Wildman–Crippen LogP) is 5.45. The van der Waals surface area contributed by atoms with Gasteiger partial charge in [-0.2, -0.15) is 0 Å². The Morgan fingerprint density at radius 3 is 2.00 bits per heavy atom. The standard InChI is InChI=1S/C25H23NO/c1-18-8-10-19(11-9-18)12-13-20-14-16-21(17-15-20)25(2)22-6-4-5-7-23(22)26(3)24(25)27/h4-17H,1-3H3/b13-12+. The largest absolute Gasteiger partial charge is 0.314 e. The van der Waals surface area contributed by atoms with Crippen molar-refractivity contribution >= 4 is 23.7 Å². The van der Waals surface area contributed by atoms with Crippen molar-refractivity contribution in [3.8, 4) is 0 Å². The highest BCUT2D eigenvalue weighted by molar-refractivity contribution is 6.09. The molecule has 2 nitrogen and oxygen atoms in total. The van der Waals surface area contributed by atoms with E-state index in [9.17, 15) is 4.79 Å². The number of carbonyl (C=O) groups excluding carboxylic acids is 1. The van der Waals surface area contributed by atoms with E-state index in [1.54, 1.807) is 4.90 Å². The van der Waals surface area contributed by atoms with Gasteiger partial charge in [-0.15, -0.1) is 0 Å². The van der Waals surface area contributed by atoms with Gasteiger partial charge in [-0.1, -0.05) is 84.4 Å². The highest BCUT2D eigenvalue weighted by Crippen LogP contribution is 2.45. The van der Waals surface area contributed by atoms with Gasteiger partial charge < -0.3 is 4.90 Å². The average molecular weight is 353 g/mol. The summed E-state index contributed by atoms with van der Waals surface area (Å²) >= 11 is 0. The molecule has 3 aromatic rings. The van der Waals surface area contributed by atoms with E-state index in [0.29, 0.717) is 0 Å². The number of anilines is 1. The fourth-order valence-electron chi connectivity index (χ4n) is 3.83. The maximum atomic E-state index is 13.0. The van der Waals surface area contributed by atoms with Crippen LogP contribution in [0.5, 0.6) is 0 Å². The molecule has 1 amide bonds. The number of fused-ring (bicyclic) bond motifs is 1. The zero-order valence-corrected chi connectivity index (χ0v) is 15.9. The molecule has 0 saturated carbocycles. The lowest BCUT2D eigenvalue weighted by atomic mass is 9.77. The molecule has 0 aromatic heterocycles. The molecule has 0 bridgehead atoms. The lowest BCUT2D eigenvalue weighted by molar-refractivity contribution is -0.121. The predicted molar refractivity (Wildman–Crippen MR) is 113 cm³/mol. The summed E-state index contributed by atoms with van der Waals surface area (Å²) in [6.45, 7) is 4.11. The van der Waals surface area contributed by atoms with Crippen LogP contribution < -0.4 is 4.90 Å². The summed E-state index contributed by atoms with van der Waals surface area (Å²) < 4.78 is 0. The third kappa shape index (κ3) is 2.87. The lowest BCUT2D eigenvalue weighted by Crippen LogP contribution is -2.37. The molecule has 3 aromatic carbocycles. The van der Waals surface area contributed by atoms with Gasteiger partial charge in [0.15, 0.2) is 0 Å². The smallest absolute Gasteiger partial charge is 0.241 e. The van der Waals surface area contributed by atoms with E-state index in [0.717, 1.165) is 22.4 Å². The number of carbonyl (C=O) groups is 1. The first kappa shape index (κ1) is 17.3. The molecule has 0 aliphatic carbocycles. The molecule has 134 valence electrons. The Kier molecular flexibility index (Phi) is 4.19. The molecule has 1 atom stereocenters. The van der Waals surface area contributed by atoms with Gasteiger partial charge in [0, 0.05) is 12.7 Å². The Morgan fingerprint density at radius 2 is 1.37 bits per heavy atom. The topological polar surface area (TPSA) is 20.3 Å². The SMILES string of the molecule is Cc1ccc(/C=C/c2ccc(C3(C)C(=O)N(C)c4ccccc43)cc2)cc1. The third-order valence-corrected chi connectivity index (χ3v) is 5.57. The number of amides is 1. The first-order valence-corrected chi connectivity index (χ1v) is 9.23. The van der Waals surface area contributed by atoms with E-state index < -0.39 is 5.41 Å². The number of benzene rings is 3. The van der Waals surface area contributed by atoms with Gasteiger partial charge in [-0.25, -0.2) is 0 Å². The zero-order valence-electron chi connectivity index (χ0n) is 15.9. The van der Waals surface area contributed by atoms with Crippen molar-refractivity contribution in [2.45, 2.75) is 19.3 Å². The van der Waals surface area contributed by atoms with Crippen molar-refractivity contribution in [2.75, 3.05) is 11.9 Å². The number of hydrogen-bond acceptors (Lipinski definition) is 1. The van der Waals surface area contributed by atoms with E-state index in [4.69, 9.17) is 0 Å². The van der Waals surface area contributed by atoms with Gasteiger partial charge in [0.2, 0.25) is 5.91 Å². The second-order valence-electron chi connectivity index (χ2n) is 7.37. The number of rotatable bonds is 3. The van der Waals surface area contributed by atoms with Crippen LogP contribution in [-0.4, -0.2) is 13.0 Å². The Balaban J connectivity index is 1.64. The molecule has 1 aliphatic heterocycles. The molecular weight excluding hydrogens is 330 g/mol. The maximum Gasteiger partial charge on any atom is 0.241 e. The van der Waals surface area contributed by atoms with Crippen molar-refractivity contribution in [2.24, 2.45) is 0 Å². The van der Waals surface area contributed by atoms with Gasteiger partial charge >= 0.3 is 0 Å². The minimum atomic E-state index is -0.634. The molecule has 0 saturated heterocycles. The molecule has 0 spiro atoms. The zero-order chi connectivity index (χ0) is 19.0. The molecule has 1 aliphatic rings. The van der Waals surface area contributed by atoms with E-state index in [1.807, 2.05) is 32.2 Å². The normalized spacial score (nSPS) is 18.9. The van der Waals surface area contributed by atoms with E-state index in [-0.39, 0.29) is 5.91 Å². The summed E-state index contributed by atoms with van der Waals surface area (Å²) in [7, 11) is 1.85. The summed E-state index contributed by atoms with van der Waals surface area (Å²) in [5, 5.41) is 0. The average Bonchev–Trinajstić information content (AvgIpc) is 2.90. The number of aryl methyl sites for hydroxylation is 1. The Labute approximate surface area is 160 Å². The Bertz CT molecular complexity index is 1010. The van der Waals surface area contributed by atoms with Gasteiger partial charge in [0.1, 0.15) is 0 Å². The Morgan fingerprint density at radius 1 is 0.815 bits per heavy atom. The van der Waals surface area contributed by atoms with Crippen LogP contribution in [-0.2, 0) is 10.2 Å². The highest BCUT2D eigenvalue weighted by Gasteiger charge is 2.46. The third-order valence-electron chi connectivity index (χ3n) is 5.57. The maximum absolute atomic E-state index is 13.0. The first-order valence-electron chi connectivity index (χ1n) is 9.23. The van der Waals surface area contributed by atoms with Crippen molar-refractivity contribution in [1.82, 2.24) is 0 Å². The van der Waals surface area contributed by atoms with Crippen molar-refractivity contribution in [3.63, 3.8) is 0 Å². The van der Waals surface area contributed by atoms with Gasteiger partial charge in [0.05, 0.1) is 5.41 Å². The summed E-state index contributed by atoms with van der Waals surface area (Å²) in [5.41, 5.74) is 6.01. The molecular formula is C25H23NO. The first-order chi connectivity index (χ1) is 13.0. The molecule has 0 fully saturated rings. The number of likely N-dealkylation sites (N-methyl/N-ethyl adjacent to an activating group) is 1. The van der Waals surface area contributed by atoms with E-state index >= 15 is 0 Å². The summed E-state index contributed by atoms with van der Waals surface area (Å²) in [5.74, 6) is 0.117. The minimum Gasteiger partial charge on any atom is -0.314 e. The van der Waals surface area contributed by atoms with Crippen LogP contribution in [0.3, 0.4) is 0 Å². The molecule has 27 heavy (non-hydrogen) atoms. The van der Waals surface area contributed by atoms with E-state index in [2.05, 4.69) is 73.7 Å². The summed E-state index contributed by atoms with van der Waals surface area (Å²) in [6, 6.07) is 24.8. The van der Waals surface area contributed by atoms with E-state index in [1.165, 1.54) is 11.1 Å². The van der Waals surface area contributed by atoms with Crippen LogP contribution in [0.15, 0.2) is 72.8 Å². The van der Waals surface area contributed by atoms with Gasteiger partial charge in [-0.05, 0) is 42.2 Å². The van der Waals surface area contributed by atoms with Gasteiger partial charge in [-0.3, -0.25) is 4.79 Å². The quantitative estimate of drug-likeness (QED) is 0.574. The summed E-state index contributed by atoms with van der Waals surface area (Å²) in [6.07, 6.45) is 4.22. The second kappa shape index (κ2) is 6.55. The number of hydrogen-bond donors (Lipinski definition) is 0. The second-order valence-corrected chi connectivity index (χ2v) is 7.37. The van der Waals surface area contributed by atoms with Gasteiger partial charge in [0.25, 0.3) is 0 Å². The van der Waals surface area contributed by atoms with Crippen LogP contribution in [0.4, 0.5) is 5.69 Å². The van der Waals surface area contributed by atoms with Crippen LogP contribution in [0.1, 0.15) is 34.7 Å². The molecule has 1 unspecified atom stereocenters. The molecule has 1 heterocycles. The lowest BCUT2D eigenvalue weighted by Gasteiger charge is -2.24. The molecule has 2 heteroatoms. The number of para-hydroxylation sites is 1. The molecule has 0 radical (unpaired) electrons. The fourth-order valence-corrected chi connectivity index (χ4v) is 3.83. The van der Waals surface area contributed by atoms with Crippen LogP contribution >= 0.6 is 0 Å². The molecule has 0 N–H and O–H groups in total. The van der Waals surface area contributed by atoms with Crippen LogP contribution in [0.2, 0.25) is 0 Å². The van der Waals surface area contributed by atoms with Crippen molar-refractivity contribution < 1.29 is 4.79 Å². The van der Waals surface area contributed by atoms with Crippen LogP contribution in [0, 0.1) is 6.92 Å². The van der Waals surface area contributed by atoms with Crippen LogP contribution in [0.25, 0.3) is 12.2 Å².